The largest absolute Gasteiger partial charge is 0.460 e. The lowest BCUT2D eigenvalue weighted by atomic mass is 10.1. The number of rotatable bonds is 8. The van der Waals surface area contributed by atoms with Crippen LogP contribution in [0.15, 0.2) is 60.7 Å². The molecule has 5 rings (SSSR count). The average molecular weight is 603 g/mol. The molecule has 2 aliphatic heterocycles. The first kappa shape index (κ1) is 27.1. The first-order chi connectivity index (χ1) is 17.8. The maximum absolute atomic E-state index is 13.3. The van der Waals surface area contributed by atoms with E-state index in [4.69, 9.17) is 4.74 Å². The molecule has 0 aliphatic carbocycles. The van der Waals surface area contributed by atoms with Gasteiger partial charge in [0.2, 0.25) is 0 Å². The summed E-state index contributed by atoms with van der Waals surface area (Å²) in [6.45, 7) is 6.12. The summed E-state index contributed by atoms with van der Waals surface area (Å²) in [5, 5.41) is 8.38. The summed E-state index contributed by atoms with van der Waals surface area (Å²) >= 11 is 2.15. The van der Waals surface area contributed by atoms with Crippen LogP contribution in [0.4, 0.5) is 0 Å². The second-order valence-electron chi connectivity index (χ2n) is 9.42. The molecule has 194 valence electrons. The summed E-state index contributed by atoms with van der Waals surface area (Å²) in [6, 6.07) is 20.4. The molecule has 2 aliphatic rings. The maximum Gasteiger partial charge on any atom is 0.355 e. The highest BCUT2D eigenvalue weighted by Gasteiger charge is 2.26. The number of alkyl halides is 1. The third-order valence-electron chi connectivity index (χ3n) is 7.05. The molecule has 2 fully saturated rings. The Balaban J connectivity index is 0.00000148. The van der Waals surface area contributed by atoms with Crippen molar-refractivity contribution in [2.75, 3.05) is 44.3 Å². The monoisotopic (exact) mass is 602 g/mol. The number of carbonyl (C=O) groups excluding carboxylic acids is 1. The maximum atomic E-state index is 13.3. The number of esters is 1. The molecule has 2 saturated heterocycles. The Morgan fingerprint density at radius 2 is 1.42 bits per heavy atom. The fourth-order valence-corrected chi connectivity index (χ4v) is 5.29. The number of carbonyl (C=O) groups is 1. The van der Waals surface area contributed by atoms with E-state index in [0.29, 0.717) is 25.4 Å². The Kier molecular flexibility index (Phi) is 10.6. The highest BCUT2D eigenvalue weighted by Crippen LogP contribution is 2.23. The van der Waals surface area contributed by atoms with Crippen LogP contribution in [0.5, 0.6) is 0 Å². The third-order valence-corrected chi connectivity index (χ3v) is 7.05. The van der Waals surface area contributed by atoms with Gasteiger partial charge < -0.3 is 9.30 Å². The molecule has 0 saturated carbocycles. The van der Waals surface area contributed by atoms with Crippen LogP contribution in [-0.4, -0.2) is 69.9 Å². The van der Waals surface area contributed by atoms with Gasteiger partial charge >= 0.3 is 5.97 Å². The number of fused-ring (bicyclic) bond motifs is 1. The summed E-state index contributed by atoms with van der Waals surface area (Å²) in [6.07, 6.45) is 7.58. The van der Waals surface area contributed by atoms with E-state index in [1.165, 1.54) is 44.1 Å². The fourth-order valence-electron chi connectivity index (χ4n) is 5.29. The first-order valence-corrected chi connectivity index (χ1v) is 15.4. The van der Waals surface area contributed by atoms with Gasteiger partial charge in [0.15, 0.2) is 0 Å². The zero-order valence-electron chi connectivity index (χ0n) is 21.4. The summed E-state index contributed by atoms with van der Waals surface area (Å²) in [5.74, 6) is -0.246. The Morgan fingerprint density at radius 3 is 2.06 bits per heavy atom. The molecule has 2 aromatic carbocycles. The predicted octanol–water partition coefficient (Wildman–Crippen LogP) is 6.00. The minimum Gasteiger partial charge on any atom is -0.460 e. The van der Waals surface area contributed by atoms with Gasteiger partial charge in [-0.2, -0.15) is 5.12 Å². The predicted molar refractivity (Wildman–Crippen MR) is 155 cm³/mol. The van der Waals surface area contributed by atoms with Crippen LogP contribution in [-0.2, 0) is 11.3 Å². The lowest BCUT2D eigenvalue weighted by molar-refractivity contribution is -0.201. The fraction of sp³-hybridized carbons (Fsp3) is 0.483. The van der Waals surface area contributed by atoms with Crippen molar-refractivity contribution in [3.05, 3.63) is 71.9 Å². The highest BCUT2D eigenvalue weighted by molar-refractivity contribution is 14.1. The molecule has 0 N–H and O–H groups in total. The highest BCUT2D eigenvalue weighted by atomic mass is 127. The lowest BCUT2D eigenvalue weighted by Gasteiger charge is -2.45. The first-order valence-electron chi connectivity index (χ1n) is 13.2. The molecule has 0 spiro atoms. The van der Waals surface area contributed by atoms with E-state index in [1.807, 2.05) is 41.3 Å². The lowest BCUT2D eigenvalue weighted by Crippen LogP contribution is -2.57. The third kappa shape index (κ3) is 6.88. The molecule has 6 nitrogen and oxygen atoms in total. The number of halogens is 1. The minimum atomic E-state index is -0.246. The van der Waals surface area contributed by atoms with Crippen LogP contribution < -0.4 is 0 Å². The smallest absolute Gasteiger partial charge is 0.355 e. The van der Waals surface area contributed by atoms with Crippen molar-refractivity contribution in [1.29, 1.82) is 0 Å². The standard InChI is InChI=1S/C28H36N4O2.CH3I/c33-28(34-21-20-32(29-16-8-2-9-17-29)30-18-10-3-11-19-30)27-22-25-14-6-7-15-26(25)31(27)23-24-12-4-1-5-13-24;1-2/h1,4-7,12-15,22H,2-3,8-11,16-21,23H2;1H3. The Morgan fingerprint density at radius 1 is 0.833 bits per heavy atom. The SMILES string of the molecule is CI.O=C(OCCN(N1CCCCC1)N1CCCCC1)c1cc2ccccc2n1Cc1ccccc1. The van der Waals surface area contributed by atoms with Crippen LogP contribution in [0.3, 0.4) is 0 Å². The van der Waals surface area contributed by atoms with Crippen molar-refractivity contribution in [3.63, 3.8) is 0 Å². The van der Waals surface area contributed by atoms with Gasteiger partial charge in [-0.3, -0.25) is 0 Å². The molecule has 36 heavy (non-hydrogen) atoms. The number of ether oxygens (including phenoxy) is 1. The van der Waals surface area contributed by atoms with Gasteiger partial charge in [-0.05, 0) is 48.3 Å². The summed E-state index contributed by atoms with van der Waals surface area (Å²) < 4.78 is 7.98. The minimum absolute atomic E-state index is 0.246. The molecule has 3 heterocycles. The second-order valence-corrected chi connectivity index (χ2v) is 9.42. The van der Waals surface area contributed by atoms with Crippen molar-refractivity contribution in [3.8, 4) is 0 Å². The Hall–Kier alpha value is -1.94. The topological polar surface area (TPSA) is 41.0 Å². The summed E-state index contributed by atoms with van der Waals surface area (Å²) in [5.41, 5.74) is 2.84. The number of aromatic nitrogens is 1. The van der Waals surface area contributed by atoms with Gasteiger partial charge in [0.1, 0.15) is 12.3 Å². The molecule has 1 aromatic heterocycles. The summed E-state index contributed by atoms with van der Waals surface area (Å²) in [4.78, 5) is 15.2. The molecule has 3 aromatic rings. The molecular formula is C29H39IN4O2. The molecule has 0 amide bonds. The molecule has 0 unspecified atom stereocenters. The number of benzene rings is 2. The number of hydrogen-bond acceptors (Lipinski definition) is 5. The van der Waals surface area contributed by atoms with E-state index in [1.54, 1.807) is 0 Å². The van der Waals surface area contributed by atoms with Crippen LogP contribution in [0.1, 0.15) is 54.6 Å². The van der Waals surface area contributed by atoms with E-state index in [0.717, 1.165) is 37.1 Å². The van der Waals surface area contributed by atoms with Gasteiger partial charge in [0.25, 0.3) is 0 Å². The zero-order chi connectivity index (χ0) is 25.2. The van der Waals surface area contributed by atoms with Gasteiger partial charge in [-0.25, -0.2) is 14.8 Å². The second kappa shape index (κ2) is 14.1. The van der Waals surface area contributed by atoms with Gasteiger partial charge in [0.05, 0.1) is 6.54 Å². The van der Waals surface area contributed by atoms with E-state index in [9.17, 15) is 4.79 Å². The van der Waals surface area contributed by atoms with Gasteiger partial charge in [-0.1, -0.05) is 84.0 Å². The van der Waals surface area contributed by atoms with Gasteiger partial charge in [-0.15, -0.1) is 0 Å². The quantitative estimate of drug-likeness (QED) is 0.180. The Labute approximate surface area is 229 Å². The van der Waals surface area contributed by atoms with Crippen LogP contribution in [0.2, 0.25) is 0 Å². The number of para-hydroxylation sites is 1. The zero-order valence-corrected chi connectivity index (χ0v) is 23.6. The Bertz CT molecular complexity index is 1060. The number of nitrogens with zero attached hydrogens (tertiary/aromatic N) is 4. The van der Waals surface area contributed by atoms with E-state index >= 15 is 0 Å². The van der Waals surface area contributed by atoms with Crippen molar-refractivity contribution < 1.29 is 9.53 Å². The van der Waals surface area contributed by atoms with Crippen molar-refractivity contribution >= 4 is 39.5 Å². The number of hydrazine groups is 2. The van der Waals surface area contributed by atoms with Gasteiger partial charge in [0, 0.05) is 43.6 Å². The average Bonchev–Trinajstić information content (AvgIpc) is 3.32. The van der Waals surface area contributed by atoms with E-state index < -0.39 is 0 Å². The normalized spacial score (nSPS) is 17.1. The van der Waals surface area contributed by atoms with Crippen molar-refractivity contribution in [1.82, 2.24) is 19.7 Å². The van der Waals surface area contributed by atoms with Crippen molar-refractivity contribution in [2.45, 2.75) is 45.1 Å². The van der Waals surface area contributed by atoms with E-state index in [-0.39, 0.29) is 5.97 Å². The summed E-state index contributed by atoms with van der Waals surface area (Å²) in [7, 11) is 0. The molecular weight excluding hydrogens is 563 g/mol. The van der Waals surface area contributed by atoms with Crippen molar-refractivity contribution in [2.24, 2.45) is 0 Å². The molecule has 0 atom stereocenters. The van der Waals surface area contributed by atoms with Crippen LogP contribution in [0, 0.1) is 0 Å². The van der Waals surface area contributed by atoms with Crippen LogP contribution >= 0.6 is 22.6 Å². The number of piperidine rings is 2. The molecule has 0 radical (unpaired) electrons. The molecule has 7 heteroatoms. The number of hydrogen-bond donors (Lipinski definition) is 0. The van der Waals surface area contributed by atoms with Crippen LogP contribution in [0.25, 0.3) is 10.9 Å². The molecule has 0 bridgehead atoms. The van der Waals surface area contributed by atoms with E-state index in [2.05, 4.69) is 66.6 Å².